The second-order valence-electron chi connectivity index (χ2n) is 5.82. The van der Waals surface area contributed by atoms with E-state index < -0.39 is 0 Å². The first-order valence-corrected chi connectivity index (χ1v) is 9.35. The highest BCUT2D eigenvalue weighted by molar-refractivity contribution is 14.1. The van der Waals surface area contributed by atoms with E-state index in [1.807, 2.05) is 6.07 Å². The minimum Gasteiger partial charge on any atom is -0.399 e. The molecule has 0 aliphatic rings. The number of rotatable bonds is 11. The van der Waals surface area contributed by atoms with Crippen LogP contribution in [0.3, 0.4) is 0 Å². The van der Waals surface area contributed by atoms with Crippen LogP contribution in [0, 0.1) is 3.57 Å². The summed E-state index contributed by atoms with van der Waals surface area (Å²) in [5.41, 5.74) is 8.17. The second-order valence-corrected chi connectivity index (χ2v) is 7.07. The molecule has 0 radical (unpaired) electrons. The van der Waals surface area contributed by atoms with Crippen LogP contribution < -0.4 is 5.73 Å². The van der Waals surface area contributed by atoms with Gasteiger partial charge in [0.25, 0.3) is 0 Å². The highest BCUT2D eigenvalue weighted by Crippen LogP contribution is 2.17. The third-order valence-electron chi connectivity index (χ3n) is 3.80. The van der Waals surface area contributed by atoms with Gasteiger partial charge in [0.1, 0.15) is 0 Å². The van der Waals surface area contributed by atoms with Crippen LogP contribution >= 0.6 is 22.6 Å². The lowest BCUT2D eigenvalue weighted by molar-refractivity contribution is 0.556. The van der Waals surface area contributed by atoms with Gasteiger partial charge in [-0.3, -0.25) is 0 Å². The maximum Gasteiger partial charge on any atom is 0.0327 e. The van der Waals surface area contributed by atoms with Gasteiger partial charge in [-0.1, -0.05) is 64.7 Å². The zero-order chi connectivity index (χ0) is 14.6. The number of nitrogens with two attached hydrogens (primary N) is 1. The molecule has 0 atom stereocenters. The fourth-order valence-corrected chi connectivity index (χ4v) is 3.40. The Morgan fingerprint density at radius 2 is 1.35 bits per heavy atom. The lowest BCUT2D eigenvalue weighted by Gasteiger charge is -2.05. The molecule has 2 N–H and O–H groups in total. The van der Waals surface area contributed by atoms with Crippen molar-refractivity contribution in [1.29, 1.82) is 0 Å². The number of unbranched alkanes of at least 4 members (excludes halogenated alkanes) is 9. The van der Waals surface area contributed by atoms with E-state index in [9.17, 15) is 0 Å². The number of anilines is 1. The number of nitrogen functional groups attached to an aromatic ring is 1. The molecule has 0 heterocycles. The Morgan fingerprint density at radius 3 is 1.90 bits per heavy atom. The van der Waals surface area contributed by atoms with E-state index in [4.69, 9.17) is 5.73 Å². The molecular weight excluding hydrogens is 357 g/mol. The van der Waals surface area contributed by atoms with Gasteiger partial charge in [-0.05, 0) is 59.2 Å². The largest absolute Gasteiger partial charge is 0.399 e. The first-order chi connectivity index (χ1) is 9.72. The summed E-state index contributed by atoms with van der Waals surface area (Å²) in [5.74, 6) is 0. The maximum atomic E-state index is 5.87. The van der Waals surface area contributed by atoms with E-state index in [1.54, 1.807) is 0 Å². The summed E-state index contributed by atoms with van der Waals surface area (Å²) in [5, 5.41) is 0. The molecule has 0 bridgehead atoms. The van der Waals surface area contributed by atoms with Crippen molar-refractivity contribution in [2.24, 2.45) is 0 Å². The zero-order valence-corrected chi connectivity index (χ0v) is 15.1. The Bertz CT molecular complexity index is 342. The summed E-state index contributed by atoms with van der Waals surface area (Å²) in [4.78, 5) is 0. The Hall–Kier alpha value is -0.250. The maximum absolute atomic E-state index is 5.87. The van der Waals surface area contributed by atoms with Gasteiger partial charge in [-0.15, -0.1) is 0 Å². The quantitative estimate of drug-likeness (QED) is 0.268. The van der Waals surface area contributed by atoms with Crippen LogP contribution in [-0.4, -0.2) is 0 Å². The summed E-state index contributed by atoms with van der Waals surface area (Å²) in [6.45, 7) is 2.28. The molecule has 0 amide bonds. The average Bonchev–Trinajstić information content (AvgIpc) is 2.40. The van der Waals surface area contributed by atoms with Gasteiger partial charge >= 0.3 is 0 Å². The molecule has 0 aliphatic heterocycles. The smallest absolute Gasteiger partial charge is 0.0327 e. The Kier molecular flexibility index (Phi) is 10.2. The van der Waals surface area contributed by atoms with Crippen molar-refractivity contribution in [3.63, 3.8) is 0 Å². The normalized spacial score (nSPS) is 10.9. The van der Waals surface area contributed by atoms with Crippen molar-refractivity contribution >= 4 is 28.3 Å². The van der Waals surface area contributed by atoms with Crippen molar-refractivity contribution in [2.75, 3.05) is 5.73 Å². The van der Waals surface area contributed by atoms with Crippen molar-refractivity contribution < 1.29 is 0 Å². The SMILES string of the molecule is CCCCCCCCCCCCc1cc(N)cc(I)c1. The first kappa shape index (κ1) is 17.8. The Labute approximate surface area is 138 Å². The van der Waals surface area contributed by atoms with E-state index in [0.29, 0.717) is 0 Å². The van der Waals surface area contributed by atoms with Crippen molar-refractivity contribution in [1.82, 2.24) is 0 Å². The fourth-order valence-electron chi connectivity index (χ4n) is 2.64. The van der Waals surface area contributed by atoms with Crippen LogP contribution in [-0.2, 0) is 6.42 Å². The molecule has 0 unspecified atom stereocenters. The van der Waals surface area contributed by atoms with Gasteiger partial charge < -0.3 is 5.73 Å². The number of hydrogen-bond donors (Lipinski definition) is 1. The summed E-state index contributed by atoms with van der Waals surface area (Å²) in [6.07, 6.45) is 15.2. The minimum atomic E-state index is 0.902. The molecule has 0 saturated heterocycles. The van der Waals surface area contributed by atoms with E-state index in [2.05, 4.69) is 41.6 Å². The van der Waals surface area contributed by atoms with E-state index in [0.717, 1.165) is 5.69 Å². The molecule has 0 aromatic heterocycles. The highest BCUT2D eigenvalue weighted by Gasteiger charge is 1.98. The lowest BCUT2D eigenvalue weighted by atomic mass is 10.0. The summed E-state index contributed by atoms with van der Waals surface area (Å²) in [6, 6.07) is 6.41. The molecule has 0 aliphatic carbocycles. The topological polar surface area (TPSA) is 26.0 Å². The van der Waals surface area contributed by atoms with Gasteiger partial charge in [-0.2, -0.15) is 0 Å². The molecule has 0 fully saturated rings. The van der Waals surface area contributed by atoms with Crippen LogP contribution in [0.1, 0.15) is 76.7 Å². The molecule has 0 spiro atoms. The standard InChI is InChI=1S/C18H30IN/c1-2-3-4-5-6-7-8-9-10-11-12-16-13-17(19)15-18(20)14-16/h13-15H,2-12,20H2,1H3. The molecule has 0 saturated carbocycles. The van der Waals surface area contributed by atoms with Gasteiger partial charge in [0.05, 0.1) is 0 Å². The summed E-state index contributed by atoms with van der Waals surface area (Å²) >= 11 is 2.34. The third kappa shape index (κ3) is 8.83. The number of aryl methyl sites for hydroxylation is 1. The van der Waals surface area contributed by atoms with Crippen LogP contribution in [0.15, 0.2) is 18.2 Å². The number of hydrogen-bond acceptors (Lipinski definition) is 1. The van der Waals surface area contributed by atoms with Gasteiger partial charge in [0, 0.05) is 9.26 Å². The van der Waals surface area contributed by atoms with Crippen molar-refractivity contribution in [3.05, 3.63) is 27.3 Å². The molecule has 2 heteroatoms. The monoisotopic (exact) mass is 387 g/mol. The minimum absolute atomic E-state index is 0.902. The summed E-state index contributed by atoms with van der Waals surface area (Å²) in [7, 11) is 0. The van der Waals surface area contributed by atoms with Crippen LogP contribution in [0.25, 0.3) is 0 Å². The average molecular weight is 387 g/mol. The van der Waals surface area contributed by atoms with Crippen LogP contribution in [0.4, 0.5) is 5.69 Å². The van der Waals surface area contributed by atoms with Crippen molar-refractivity contribution in [2.45, 2.75) is 77.6 Å². The zero-order valence-electron chi connectivity index (χ0n) is 13.0. The first-order valence-electron chi connectivity index (χ1n) is 8.27. The molecular formula is C18H30IN. The van der Waals surface area contributed by atoms with Gasteiger partial charge in [0.15, 0.2) is 0 Å². The highest BCUT2D eigenvalue weighted by atomic mass is 127. The van der Waals surface area contributed by atoms with Crippen molar-refractivity contribution in [3.8, 4) is 0 Å². The number of halogens is 1. The molecule has 1 nitrogen and oxygen atoms in total. The van der Waals surface area contributed by atoms with E-state index in [1.165, 1.54) is 79.8 Å². The van der Waals surface area contributed by atoms with E-state index in [-0.39, 0.29) is 0 Å². The van der Waals surface area contributed by atoms with Crippen LogP contribution in [0.2, 0.25) is 0 Å². The predicted molar refractivity (Wildman–Crippen MR) is 99.1 cm³/mol. The van der Waals surface area contributed by atoms with Gasteiger partial charge in [0.2, 0.25) is 0 Å². The fraction of sp³-hybridized carbons (Fsp3) is 0.667. The Morgan fingerprint density at radius 1 is 0.800 bits per heavy atom. The summed E-state index contributed by atoms with van der Waals surface area (Å²) < 4.78 is 1.25. The van der Waals surface area contributed by atoms with Crippen LogP contribution in [0.5, 0.6) is 0 Å². The molecule has 1 aromatic carbocycles. The lowest BCUT2D eigenvalue weighted by Crippen LogP contribution is -1.92. The molecule has 114 valence electrons. The molecule has 1 aromatic rings. The van der Waals surface area contributed by atoms with E-state index >= 15 is 0 Å². The third-order valence-corrected chi connectivity index (χ3v) is 4.42. The Balaban J connectivity index is 1.97. The molecule has 1 rings (SSSR count). The molecule has 20 heavy (non-hydrogen) atoms. The second kappa shape index (κ2) is 11.4. The number of benzene rings is 1. The van der Waals surface area contributed by atoms with Gasteiger partial charge in [-0.25, -0.2) is 0 Å². The predicted octanol–water partition coefficient (Wildman–Crippen LogP) is 6.34.